The summed E-state index contributed by atoms with van der Waals surface area (Å²) in [7, 11) is 0. The minimum atomic E-state index is -0.485. The Balaban J connectivity index is 1.84. The molecule has 1 aromatic rings. The molecule has 0 unspecified atom stereocenters. The molecule has 0 bridgehead atoms. The minimum absolute atomic E-state index is 0.0331. The number of carbonyl (C=O) groups excluding carboxylic acids is 3. The number of rotatable bonds is 5. The summed E-state index contributed by atoms with van der Waals surface area (Å²) in [6.45, 7) is 3.13. The zero-order valence-corrected chi connectivity index (χ0v) is 13.1. The highest BCUT2D eigenvalue weighted by molar-refractivity contribution is 5.94. The maximum absolute atomic E-state index is 11.9. The highest BCUT2D eigenvalue weighted by atomic mass is 16.2. The Hall–Kier alpha value is -2.57. The van der Waals surface area contributed by atoms with E-state index in [1.165, 1.54) is 0 Å². The monoisotopic (exact) mass is 318 g/mol. The number of urea groups is 1. The van der Waals surface area contributed by atoms with Crippen molar-refractivity contribution in [1.82, 2.24) is 16.0 Å². The van der Waals surface area contributed by atoms with Gasteiger partial charge in [0.05, 0.1) is 6.42 Å². The van der Waals surface area contributed by atoms with Crippen molar-refractivity contribution in [2.24, 2.45) is 0 Å². The van der Waals surface area contributed by atoms with Crippen molar-refractivity contribution in [1.29, 1.82) is 0 Å². The molecule has 0 radical (unpaired) electrons. The lowest BCUT2D eigenvalue weighted by molar-refractivity contribution is -0.124. The van der Waals surface area contributed by atoms with Gasteiger partial charge in [-0.1, -0.05) is 12.1 Å². The average molecular weight is 318 g/mol. The molecule has 1 saturated heterocycles. The fraction of sp³-hybridized carbons (Fsp3) is 0.438. The van der Waals surface area contributed by atoms with Gasteiger partial charge in [0.2, 0.25) is 11.8 Å². The molecule has 124 valence electrons. The van der Waals surface area contributed by atoms with Crippen LogP contribution in [-0.2, 0) is 16.0 Å². The van der Waals surface area contributed by atoms with Gasteiger partial charge in [-0.25, -0.2) is 4.79 Å². The molecule has 0 saturated carbocycles. The number of carbonyl (C=O) groups is 3. The molecular formula is C16H22N4O3. The topological polar surface area (TPSA) is 99.3 Å². The first kappa shape index (κ1) is 16.8. The van der Waals surface area contributed by atoms with Crippen molar-refractivity contribution in [2.45, 2.75) is 32.2 Å². The molecule has 4 N–H and O–H groups in total. The smallest absolute Gasteiger partial charge is 0.319 e. The quantitative estimate of drug-likeness (QED) is 0.645. The zero-order valence-electron chi connectivity index (χ0n) is 13.1. The van der Waals surface area contributed by atoms with E-state index in [1.54, 1.807) is 24.3 Å². The van der Waals surface area contributed by atoms with E-state index in [4.69, 9.17) is 0 Å². The largest absolute Gasteiger partial charge is 0.356 e. The van der Waals surface area contributed by atoms with Crippen molar-refractivity contribution >= 4 is 23.5 Å². The van der Waals surface area contributed by atoms with E-state index < -0.39 is 12.1 Å². The van der Waals surface area contributed by atoms with Crippen LogP contribution >= 0.6 is 0 Å². The highest BCUT2D eigenvalue weighted by Gasteiger charge is 2.23. The number of piperidine rings is 1. The van der Waals surface area contributed by atoms with E-state index in [9.17, 15) is 14.4 Å². The zero-order chi connectivity index (χ0) is 16.7. The van der Waals surface area contributed by atoms with Crippen LogP contribution in [0.1, 0.15) is 25.3 Å². The van der Waals surface area contributed by atoms with Gasteiger partial charge in [0.15, 0.2) is 0 Å². The SMILES string of the molecule is CCNC(=O)Cc1ccc(NC(=O)N[C@@H]2CCCNC2=O)cc1. The lowest BCUT2D eigenvalue weighted by atomic mass is 10.1. The third kappa shape index (κ3) is 5.28. The second-order valence-electron chi connectivity index (χ2n) is 5.41. The van der Waals surface area contributed by atoms with Gasteiger partial charge < -0.3 is 21.3 Å². The van der Waals surface area contributed by atoms with E-state index in [2.05, 4.69) is 21.3 Å². The number of hydrogen-bond donors (Lipinski definition) is 4. The normalized spacial score (nSPS) is 17.1. The van der Waals surface area contributed by atoms with Crippen LogP contribution in [0.4, 0.5) is 10.5 Å². The van der Waals surface area contributed by atoms with Gasteiger partial charge in [0.25, 0.3) is 0 Å². The summed E-state index contributed by atoms with van der Waals surface area (Å²) in [5, 5.41) is 10.8. The molecule has 23 heavy (non-hydrogen) atoms. The number of nitrogens with one attached hydrogen (secondary N) is 4. The lowest BCUT2D eigenvalue weighted by Crippen LogP contribution is -2.51. The van der Waals surface area contributed by atoms with E-state index in [-0.39, 0.29) is 11.8 Å². The predicted molar refractivity (Wildman–Crippen MR) is 87.0 cm³/mol. The van der Waals surface area contributed by atoms with E-state index in [0.717, 1.165) is 12.0 Å². The molecule has 4 amide bonds. The average Bonchev–Trinajstić information content (AvgIpc) is 2.52. The first-order chi connectivity index (χ1) is 11.1. The van der Waals surface area contributed by atoms with Gasteiger partial charge in [-0.2, -0.15) is 0 Å². The molecule has 1 fully saturated rings. The van der Waals surface area contributed by atoms with Crippen molar-refractivity contribution in [3.05, 3.63) is 29.8 Å². The fourth-order valence-corrected chi connectivity index (χ4v) is 2.39. The molecule has 1 aliphatic heterocycles. The highest BCUT2D eigenvalue weighted by Crippen LogP contribution is 2.10. The first-order valence-corrected chi connectivity index (χ1v) is 7.79. The van der Waals surface area contributed by atoms with Crippen LogP contribution in [-0.4, -0.2) is 37.0 Å². The van der Waals surface area contributed by atoms with Gasteiger partial charge in [0, 0.05) is 18.8 Å². The first-order valence-electron chi connectivity index (χ1n) is 7.79. The molecule has 7 heteroatoms. The van der Waals surface area contributed by atoms with Gasteiger partial charge in [0.1, 0.15) is 6.04 Å². The van der Waals surface area contributed by atoms with Crippen molar-refractivity contribution < 1.29 is 14.4 Å². The van der Waals surface area contributed by atoms with Gasteiger partial charge in [-0.15, -0.1) is 0 Å². The van der Waals surface area contributed by atoms with E-state index in [0.29, 0.717) is 31.6 Å². The number of hydrogen-bond acceptors (Lipinski definition) is 3. The van der Waals surface area contributed by atoms with E-state index >= 15 is 0 Å². The second-order valence-corrected chi connectivity index (χ2v) is 5.41. The molecule has 1 heterocycles. The number of benzene rings is 1. The van der Waals surface area contributed by atoms with Crippen molar-refractivity contribution in [3.8, 4) is 0 Å². The maximum atomic E-state index is 11.9. The van der Waals surface area contributed by atoms with Crippen LogP contribution in [0.15, 0.2) is 24.3 Å². The summed E-state index contributed by atoms with van der Waals surface area (Å²) in [6.07, 6.45) is 1.80. The second kappa shape index (κ2) is 8.17. The van der Waals surface area contributed by atoms with Crippen LogP contribution in [0.25, 0.3) is 0 Å². The Morgan fingerprint density at radius 1 is 1.26 bits per heavy atom. The maximum Gasteiger partial charge on any atom is 0.319 e. The standard InChI is InChI=1S/C16H22N4O3/c1-2-17-14(21)10-11-5-7-12(8-6-11)19-16(23)20-13-4-3-9-18-15(13)22/h5-8,13H,2-4,9-10H2,1H3,(H,17,21)(H,18,22)(H2,19,20,23)/t13-/m1/s1. The summed E-state index contributed by atoms with van der Waals surface area (Å²) >= 11 is 0. The summed E-state index contributed by atoms with van der Waals surface area (Å²) in [4.78, 5) is 35.0. The molecule has 2 rings (SSSR count). The lowest BCUT2D eigenvalue weighted by Gasteiger charge is -2.22. The predicted octanol–water partition coefficient (Wildman–Crippen LogP) is 0.765. The molecular weight excluding hydrogens is 296 g/mol. The molecule has 0 aromatic heterocycles. The fourth-order valence-electron chi connectivity index (χ4n) is 2.39. The Morgan fingerprint density at radius 3 is 2.65 bits per heavy atom. The number of amides is 4. The van der Waals surface area contributed by atoms with Crippen LogP contribution in [0.2, 0.25) is 0 Å². The summed E-state index contributed by atoms with van der Waals surface area (Å²) in [6, 6.07) is 6.14. The van der Waals surface area contributed by atoms with E-state index in [1.807, 2.05) is 6.92 Å². The number of likely N-dealkylation sites (N-methyl/N-ethyl adjacent to an activating group) is 1. The summed E-state index contributed by atoms with van der Waals surface area (Å²) < 4.78 is 0. The Bertz CT molecular complexity index is 571. The van der Waals surface area contributed by atoms with Crippen LogP contribution in [0.3, 0.4) is 0 Å². The Labute approximate surface area is 135 Å². The Kier molecular flexibility index (Phi) is 5.96. The molecule has 1 atom stereocenters. The molecule has 1 aliphatic rings. The summed E-state index contributed by atoms with van der Waals surface area (Å²) in [5.41, 5.74) is 1.48. The molecule has 0 spiro atoms. The third-order valence-corrected chi connectivity index (χ3v) is 3.54. The number of anilines is 1. The summed E-state index contributed by atoms with van der Waals surface area (Å²) in [5.74, 6) is -0.182. The third-order valence-electron chi connectivity index (χ3n) is 3.54. The van der Waals surface area contributed by atoms with Crippen molar-refractivity contribution in [2.75, 3.05) is 18.4 Å². The van der Waals surface area contributed by atoms with Crippen LogP contribution in [0.5, 0.6) is 0 Å². The molecule has 0 aliphatic carbocycles. The molecule has 1 aromatic carbocycles. The van der Waals surface area contributed by atoms with Crippen LogP contribution < -0.4 is 21.3 Å². The van der Waals surface area contributed by atoms with Gasteiger partial charge in [-0.3, -0.25) is 9.59 Å². The molecule has 7 nitrogen and oxygen atoms in total. The van der Waals surface area contributed by atoms with Gasteiger partial charge >= 0.3 is 6.03 Å². The van der Waals surface area contributed by atoms with Gasteiger partial charge in [-0.05, 0) is 37.5 Å². The minimum Gasteiger partial charge on any atom is -0.356 e. The Morgan fingerprint density at radius 2 is 2.00 bits per heavy atom. The van der Waals surface area contributed by atoms with Crippen LogP contribution in [0, 0.1) is 0 Å². The van der Waals surface area contributed by atoms with Crippen molar-refractivity contribution in [3.63, 3.8) is 0 Å².